The lowest BCUT2D eigenvalue weighted by atomic mass is 9.81. The molecule has 2 aliphatic rings. The number of anilines is 1. The minimum Gasteiger partial charge on any atom is -0.312 e. The number of amides is 1. The quantitative estimate of drug-likeness (QED) is 0.868. The summed E-state index contributed by atoms with van der Waals surface area (Å²) < 4.78 is 0. The van der Waals surface area contributed by atoms with Crippen LogP contribution in [0.15, 0.2) is 24.3 Å². The molecule has 2 fully saturated rings. The average Bonchev–Trinajstić information content (AvgIpc) is 2.87. The Morgan fingerprint density at radius 3 is 2.57 bits per heavy atom. The van der Waals surface area contributed by atoms with Crippen molar-refractivity contribution in [2.45, 2.75) is 58.0 Å². The molecule has 0 spiro atoms. The van der Waals surface area contributed by atoms with Crippen LogP contribution in [-0.2, 0) is 11.3 Å². The van der Waals surface area contributed by atoms with Crippen LogP contribution >= 0.6 is 0 Å². The van der Waals surface area contributed by atoms with E-state index < -0.39 is 0 Å². The fraction of sp³-hybridized carbons (Fsp3) is 0.611. The Labute approximate surface area is 127 Å². The van der Waals surface area contributed by atoms with Crippen LogP contribution in [0.1, 0.15) is 51.0 Å². The Morgan fingerprint density at radius 1 is 1.24 bits per heavy atom. The van der Waals surface area contributed by atoms with Crippen LogP contribution in [0.2, 0.25) is 0 Å². The van der Waals surface area contributed by atoms with E-state index in [4.69, 9.17) is 0 Å². The van der Waals surface area contributed by atoms with Gasteiger partial charge in [0.2, 0.25) is 5.91 Å². The van der Waals surface area contributed by atoms with Gasteiger partial charge in [-0.25, -0.2) is 0 Å². The van der Waals surface area contributed by atoms with Gasteiger partial charge < -0.3 is 10.2 Å². The number of carbonyl (C=O) groups excluding carboxylic acids is 1. The van der Waals surface area contributed by atoms with E-state index in [-0.39, 0.29) is 5.91 Å². The monoisotopic (exact) mass is 286 g/mol. The van der Waals surface area contributed by atoms with E-state index in [1.165, 1.54) is 31.2 Å². The summed E-state index contributed by atoms with van der Waals surface area (Å²) in [6, 6.07) is 9.04. The van der Waals surface area contributed by atoms with Gasteiger partial charge in [-0.15, -0.1) is 0 Å². The van der Waals surface area contributed by atoms with Gasteiger partial charge in [0.1, 0.15) is 0 Å². The zero-order chi connectivity index (χ0) is 14.7. The first-order valence-corrected chi connectivity index (χ1v) is 8.35. The molecule has 1 aromatic carbocycles. The maximum atomic E-state index is 11.7. The van der Waals surface area contributed by atoms with Crippen molar-refractivity contribution < 1.29 is 4.79 Å². The highest BCUT2D eigenvalue weighted by Gasteiger charge is 2.21. The van der Waals surface area contributed by atoms with Crippen molar-refractivity contribution in [2.24, 2.45) is 5.92 Å². The van der Waals surface area contributed by atoms with Crippen LogP contribution in [0.5, 0.6) is 0 Å². The third kappa shape index (κ3) is 3.65. The van der Waals surface area contributed by atoms with E-state index in [0.717, 1.165) is 31.1 Å². The van der Waals surface area contributed by atoms with Crippen molar-refractivity contribution in [1.82, 2.24) is 5.32 Å². The summed E-state index contributed by atoms with van der Waals surface area (Å²) in [7, 11) is 0. The summed E-state index contributed by atoms with van der Waals surface area (Å²) in [5, 5.41) is 3.62. The van der Waals surface area contributed by atoms with Gasteiger partial charge in [-0.3, -0.25) is 4.79 Å². The van der Waals surface area contributed by atoms with Crippen molar-refractivity contribution in [3.63, 3.8) is 0 Å². The molecular formula is C18H26N2O. The number of hydrogen-bond acceptors (Lipinski definition) is 2. The topological polar surface area (TPSA) is 32.3 Å². The highest BCUT2D eigenvalue weighted by molar-refractivity contribution is 5.95. The summed E-state index contributed by atoms with van der Waals surface area (Å²) in [4.78, 5) is 13.6. The molecule has 1 N–H and O–H groups in total. The average molecular weight is 286 g/mol. The van der Waals surface area contributed by atoms with Crippen molar-refractivity contribution >= 4 is 11.6 Å². The zero-order valence-corrected chi connectivity index (χ0v) is 13.0. The minimum absolute atomic E-state index is 0.259. The Kier molecular flexibility index (Phi) is 4.59. The number of carbonyl (C=O) groups is 1. The molecule has 0 bridgehead atoms. The standard InChI is InChI=1S/C18H26N2O/c1-14(12-15-4-2-5-15)19-13-16-7-9-17(10-8-16)20-11-3-6-18(20)21/h7-10,14-15,19H,2-6,11-13H2,1H3. The van der Waals surface area contributed by atoms with Gasteiger partial charge >= 0.3 is 0 Å². The van der Waals surface area contributed by atoms with Gasteiger partial charge in [0.05, 0.1) is 0 Å². The second-order valence-electron chi connectivity index (χ2n) is 6.63. The van der Waals surface area contributed by atoms with Gasteiger partial charge in [0.15, 0.2) is 0 Å². The highest BCUT2D eigenvalue weighted by atomic mass is 16.2. The van der Waals surface area contributed by atoms with Crippen LogP contribution in [0.3, 0.4) is 0 Å². The molecule has 1 amide bonds. The first-order valence-electron chi connectivity index (χ1n) is 8.35. The number of rotatable bonds is 6. The smallest absolute Gasteiger partial charge is 0.227 e. The fourth-order valence-corrected chi connectivity index (χ4v) is 3.32. The Morgan fingerprint density at radius 2 is 2.00 bits per heavy atom. The van der Waals surface area contributed by atoms with Crippen LogP contribution in [0, 0.1) is 5.92 Å². The molecule has 1 aromatic rings. The Bertz CT molecular complexity index is 478. The van der Waals surface area contributed by atoms with E-state index >= 15 is 0 Å². The van der Waals surface area contributed by atoms with Gasteiger partial charge in [-0.2, -0.15) is 0 Å². The van der Waals surface area contributed by atoms with Crippen molar-refractivity contribution in [3.05, 3.63) is 29.8 Å². The third-order valence-electron chi connectivity index (χ3n) is 4.89. The predicted molar refractivity (Wildman–Crippen MR) is 86.3 cm³/mol. The Balaban J connectivity index is 1.48. The molecule has 1 aliphatic carbocycles. The molecule has 114 valence electrons. The van der Waals surface area contributed by atoms with Gasteiger partial charge in [0.25, 0.3) is 0 Å². The maximum Gasteiger partial charge on any atom is 0.227 e. The van der Waals surface area contributed by atoms with Crippen molar-refractivity contribution in [1.29, 1.82) is 0 Å². The van der Waals surface area contributed by atoms with Crippen molar-refractivity contribution in [2.75, 3.05) is 11.4 Å². The predicted octanol–water partition coefficient (Wildman–Crippen LogP) is 3.48. The number of nitrogens with zero attached hydrogens (tertiary/aromatic N) is 1. The van der Waals surface area contributed by atoms with Crippen LogP contribution in [0.4, 0.5) is 5.69 Å². The summed E-state index contributed by atoms with van der Waals surface area (Å²) >= 11 is 0. The third-order valence-corrected chi connectivity index (χ3v) is 4.89. The molecule has 0 radical (unpaired) electrons. The largest absolute Gasteiger partial charge is 0.312 e. The van der Waals surface area contributed by atoms with E-state index in [9.17, 15) is 4.79 Å². The van der Waals surface area contributed by atoms with Gasteiger partial charge in [0, 0.05) is 31.2 Å². The lowest BCUT2D eigenvalue weighted by Crippen LogP contribution is -2.29. The molecule has 0 aromatic heterocycles. The molecule has 3 nitrogen and oxygen atoms in total. The number of nitrogens with one attached hydrogen (secondary N) is 1. The lowest BCUT2D eigenvalue weighted by Gasteiger charge is -2.28. The lowest BCUT2D eigenvalue weighted by molar-refractivity contribution is -0.117. The first-order chi connectivity index (χ1) is 10.2. The molecule has 3 rings (SSSR count). The van der Waals surface area contributed by atoms with Crippen LogP contribution in [-0.4, -0.2) is 18.5 Å². The highest BCUT2D eigenvalue weighted by Crippen LogP contribution is 2.30. The van der Waals surface area contributed by atoms with E-state index in [1.54, 1.807) is 0 Å². The molecule has 1 saturated heterocycles. The molecule has 1 aliphatic heterocycles. The molecular weight excluding hydrogens is 260 g/mol. The van der Waals surface area contributed by atoms with E-state index in [1.807, 2.05) is 4.90 Å². The summed E-state index contributed by atoms with van der Waals surface area (Å²) in [5.41, 5.74) is 2.34. The molecule has 21 heavy (non-hydrogen) atoms. The normalized spacial score (nSPS) is 20.6. The van der Waals surface area contributed by atoms with Crippen LogP contribution < -0.4 is 10.2 Å². The van der Waals surface area contributed by atoms with E-state index in [0.29, 0.717) is 12.5 Å². The second kappa shape index (κ2) is 6.61. The van der Waals surface area contributed by atoms with Crippen molar-refractivity contribution in [3.8, 4) is 0 Å². The molecule has 3 heteroatoms. The molecule has 1 saturated carbocycles. The Hall–Kier alpha value is -1.35. The summed E-state index contributed by atoms with van der Waals surface area (Å²) in [6.07, 6.45) is 7.26. The zero-order valence-electron chi connectivity index (χ0n) is 13.0. The van der Waals surface area contributed by atoms with Crippen LogP contribution in [0.25, 0.3) is 0 Å². The molecule has 1 heterocycles. The number of hydrogen-bond donors (Lipinski definition) is 1. The maximum absolute atomic E-state index is 11.7. The molecule has 1 atom stereocenters. The minimum atomic E-state index is 0.259. The summed E-state index contributed by atoms with van der Waals surface area (Å²) in [5.74, 6) is 1.21. The van der Waals surface area contributed by atoms with Gasteiger partial charge in [-0.05, 0) is 43.4 Å². The SMILES string of the molecule is CC(CC1CCC1)NCc1ccc(N2CCCC2=O)cc1. The fourth-order valence-electron chi connectivity index (χ4n) is 3.32. The van der Waals surface area contributed by atoms with E-state index in [2.05, 4.69) is 36.5 Å². The van der Waals surface area contributed by atoms with Gasteiger partial charge in [-0.1, -0.05) is 31.4 Å². The summed E-state index contributed by atoms with van der Waals surface area (Å²) in [6.45, 7) is 4.08. The number of benzene rings is 1. The second-order valence-corrected chi connectivity index (χ2v) is 6.63. The first kappa shape index (κ1) is 14.6. The molecule has 1 unspecified atom stereocenters.